The Balaban J connectivity index is 1.65. The fourth-order valence-corrected chi connectivity index (χ4v) is 6.18. The molecule has 0 radical (unpaired) electrons. The van der Waals surface area contributed by atoms with Crippen LogP contribution < -0.4 is 4.74 Å². The van der Waals surface area contributed by atoms with Crippen molar-refractivity contribution in [2.75, 3.05) is 20.3 Å². The Morgan fingerprint density at radius 3 is 2.55 bits per heavy atom. The number of nitrogens with zero attached hydrogens (tertiary/aromatic N) is 3. The van der Waals surface area contributed by atoms with Gasteiger partial charge in [0.2, 0.25) is 0 Å². The number of halogens is 3. The van der Waals surface area contributed by atoms with Crippen LogP contribution in [0.3, 0.4) is 0 Å². The number of alkyl halides is 3. The minimum atomic E-state index is -4.65. The van der Waals surface area contributed by atoms with Gasteiger partial charge in [-0.15, -0.1) is 11.3 Å². The third-order valence-corrected chi connectivity index (χ3v) is 9.40. The van der Waals surface area contributed by atoms with Crippen LogP contribution in [0.5, 0.6) is 5.75 Å². The van der Waals surface area contributed by atoms with Crippen molar-refractivity contribution < 1.29 is 37.0 Å². The molecule has 220 valence electrons. The molecule has 0 amide bonds. The van der Waals surface area contributed by atoms with E-state index in [2.05, 4.69) is 29.7 Å². The Kier molecular flexibility index (Phi) is 7.99. The van der Waals surface area contributed by atoms with Gasteiger partial charge < -0.3 is 14.2 Å². The Hall–Kier alpha value is -3.97. The van der Waals surface area contributed by atoms with Crippen LogP contribution in [0.1, 0.15) is 32.1 Å². The normalized spacial score (nSPS) is 13.0. The molecule has 0 fully saturated rings. The van der Waals surface area contributed by atoms with Gasteiger partial charge >= 0.3 is 18.1 Å². The lowest BCUT2D eigenvalue weighted by Gasteiger charge is -2.18. The topological polar surface area (TPSA) is 92.5 Å². The maximum absolute atomic E-state index is 13.6. The van der Waals surface area contributed by atoms with Gasteiger partial charge in [0.25, 0.3) is 0 Å². The number of ether oxygens (including phenoxy) is 3. The molecule has 0 saturated carbocycles. The van der Waals surface area contributed by atoms with Gasteiger partial charge in [-0.3, -0.25) is 0 Å². The van der Waals surface area contributed by atoms with E-state index in [1.165, 1.54) is 30.6 Å². The summed E-state index contributed by atoms with van der Waals surface area (Å²) in [6.07, 6.45) is -2.86. The number of thiophene rings is 1. The second-order valence-corrected chi connectivity index (χ2v) is 17.5. The number of hydrogen-bond acceptors (Lipinski definition) is 8. The van der Waals surface area contributed by atoms with Crippen molar-refractivity contribution >= 4 is 31.3 Å². The van der Waals surface area contributed by atoms with Crippen molar-refractivity contribution in [1.29, 1.82) is 0 Å². The lowest BCUT2D eigenvalue weighted by molar-refractivity contribution is -0.141. The second kappa shape index (κ2) is 11.4. The van der Waals surface area contributed by atoms with E-state index >= 15 is 0 Å². The molecule has 4 heterocycles. The molecule has 1 aliphatic rings. The van der Waals surface area contributed by atoms with Crippen molar-refractivity contribution in [2.24, 2.45) is 0 Å². The fourth-order valence-electron chi connectivity index (χ4n) is 4.48. The van der Waals surface area contributed by atoms with Crippen LogP contribution in [0, 0.1) is 0 Å². The van der Waals surface area contributed by atoms with Gasteiger partial charge in [0.1, 0.15) is 5.75 Å². The Morgan fingerprint density at radius 2 is 1.86 bits per heavy atom. The molecule has 0 atom stereocenters. The van der Waals surface area contributed by atoms with Crippen LogP contribution in [-0.4, -0.2) is 55.1 Å². The molecule has 0 N–H and O–H groups in total. The monoisotopic (exact) mass is 615 g/mol. The van der Waals surface area contributed by atoms with E-state index in [1.54, 1.807) is 12.1 Å². The highest BCUT2D eigenvalue weighted by molar-refractivity contribution is 7.13. The van der Waals surface area contributed by atoms with Gasteiger partial charge in [0.05, 0.1) is 25.9 Å². The largest absolute Gasteiger partial charge is 0.493 e. The van der Waals surface area contributed by atoms with E-state index in [4.69, 9.17) is 14.2 Å². The lowest BCUT2D eigenvalue weighted by atomic mass is 9.94. The van der Waals surface area contributed by atoms with Crippen molar-refractivity contribution in [3.63, 3.8) is 0 Å². The second-order valence-electron chi connectivity index (χ2n) is 10.9. The van der Waals surface area contributed by atoms with Crippen molar-refractivity contribution in [1.82, 2.24) is 14.8 Å². The maximum Gasteiger partial charge on any atom is 0.435 e. The number of pyridine rings is 1. The summed E-state index contributed by atoms with van der Waals surface area (Å²) in [6, 6.07) is 9.90. The zero-order valence-corrected chi connectivity index (χ0v) is 25.2. The molecule has 0 spiro atoms. The fraction of sp³-hybridized carbons (Fsp3) is 0.310. The number of aromatic nitrogens is 3. The van der Waals surface area contributed by atoms with Gasteiger partial charge in [-0.25, -0.2) is 19.3 Å². The number of benzene rings is 1. The zero-order valence-electron chi connectivity index (χ0n) is 23.4. The predicted octanol–water partition coefficient (Wildman–Crippen LogP) is 6.90. The summed E-state index contributed by atoms with van der Waals surface area (Å²) < 4.78 is 57.1. The van der Waals surface area contributed by atoms with Gasteiger partial charge in [0.15, 0.2) is 17.2 Å². The first-order valence-electron chi connectivity index (χ1n) is 13.1. The Labute approximate surface area is 245 Å². The molecule has 0 saturated heterocycles. The lowest BCUT2D eigenvalue weighted by Crippen LogP contribution is -2.23. The molecule has 0 unspecified atom stereocenters. The van der Waals surface area contributed by atoms with E-state index in [-0.39, 0.29) is 29.2 Å². The van der Waals surface area contributed by atoms with Crippen LogP contribution in [0.4, 0.5) is 13.2 Å². The summed E-state index contributed by atoms with van der Waals surface area (Å²) in [5.41, 5.74) is 1.28. The summed E-state index contributed by atoms with van der Waals surface area (Å²) in [6.45, 7) is 7.19. The molecule has 13 heteroatoms. The van der Waals surface area contributed by atoms with Crippen molar-refractivity contribution in [2.45, 2.75) is 38.3 Å². The van der Waals surface area contributed by atoms with Gasteiger partial charge in [-0.1, -0.05) is 19.6 Å². The Bertz CT molecular complexity index is 1660. The average molecular weight is 616 g/mol. The van der Waals surface area contributed by atoms with Crippen LogP contribution in [0.2, 0.25) is 25.7 Å². The number of esters is 2. The molecule has 0 aliphatic carbocycles. The first-order valence-corrected chi connectivity index (χ1v) is 17.7. The van der Waals surface area contributed by atoms with Crippen molar-refractivity contribution in [3.8, 4) is 33.1 Å². The summed E-state index contributed by atoms with van der Waals surface area (Å²) in [7, 11) is -0.327. The van der Waals surface area contributed by atoms with Gasteiger partial charge in [-0.05, 0) is 53.4 Å². The molecular weight excluding hydrogens is 587 g/mol. The maximum atomic E-state index is 13.6. The number of rotatable bonds is 7. The van der Waals surface area contributed by atoms with E-state index in [0.717, 1.165) is 39.0 Å². The first kappa shape index (κ1) is 29.5. The van der Waals surface area contributed by atoms with E-state index in [9.17, 15) is 22.8 Å². The van der Waals surface area contributed by atoms with Crippen molar-refractivity contribution in [3.05, 3.63) is 70.5 Å². The molecule has 8 nitrogen and oxygen atoms in total. The average Bonchev–Trinajstić information content (AvgIpc) is 3.59. The predicted molar refractivity (Wildman–Crippen MR) is 154 cm³/mol. The molecule has 5 rings (SSSR count). The molecule has 42 heavy (non-hydrogen) atoms. The zero-order chi connectivity index (χ0) is 30.2. The van der Waals surface area contributed by atoms with E-state index in [0.29, 0.717) is 24.3 Å². The number of methoxy groups -OCH3 is 1. The first-order chi connectivity index (χ1) is 19.9. The summed E-state index contributed by atoms with van der Waals surface area (Å²) in [5.74, 6) is -0.936. The minimum Gasteiger partial charge on any atom is -0.493 e. The van der Waals surface area contributed by atoms with Crippen LogP contribution in [0.15, 0.2) is 48.0 Å². The quantitative estimate of drug-likeness (QED) is 0.165. The highest BCUT2D eigenvalue weighted by Gasteiger charge is 2.34. The van der Waals surface area contributed by atoms with Crippen LogP contribution in [-0.2, 0) is 22.1 Å². The minimum absolute atomic E-state index is 0.0388. The van der Waals surface area contributed by atoms with Gasteiger partial charge in [0, 0.05) is 42.3 Å². The number of carbonyl (C=O) groups is 2. The molecular formula is C29H28F3N3O5SSi. The van der Waals surface area contributed by atoms with Crippen LogP contribution in [0.25, 0.3) is 27.4 Å². The number of carbonyl (C=O) groups excluding carboxylic acids is 2. The molecule has 1 aromatic carbocycles. The smallest absolute Gasteiger partial charge is 0.435 e. The summed E-state index contributed by atoms with van der Waals surface area (Å²) in [5, 5.41) is 5.53. The standard InChI is InChI=1S/C29H28F3N3O5SSi/c1-38-28(37)25-18(5-6-24(33-25)35-10-7-23(34-35)29(30,31)32)19-16-22-21(26-17(8-11-39-22)9-13-41-26)15-20(19)27(36)40-12-14-42(2,3)4/h5-7,9-10,13,15-16H,8,11-12,14H2,1-4H3. The third kappa shape index (κ3) is 6.11. The van der Waals surface area contributed by atoms with Crippen LogP contribution >= 0.6 is 11.3 Å². The Morgan fingerprint density at radius 1 is 1.07 bits per heavy atom. The van der Waals surface area contributed by atoms with E-state index < -0.39 is 31.9 Å². The van der Waals surface area contributed by atoms with E-state index in [1.807, 2.05) is 11.4 Å². The molecule has 0 bridgehead atoms. The highest BCUT2D eigenvalue weighted by atomic mass is 32.1. The highest BCUT2D eigenvalue weighted by Crippen LogP contribution is 2.43. The number of hydrogen-bond donors (Lipinski definition) is 0. The summed E-state index contributed by atoms with van der Waals surface area (Å²) in [4.78, 5) is 31.8. The molecule has 3 aromatic heterocycles. The summed E-state index contributed by atoms with van der Waals surface area (Å²) >= 11 is 1.54. The molecule has 1 aliphatic heterocycles. The molecule has 4 aromatic rings. The SMILES string of the molecule is COC(=O)c1nc(-n2ccc(C(F)(F)F)n2)ccc1-c1cc2c(cc1C(=O)OCC[Si](C)(C)C)-c1sccc1CCO2. The van der Waals surface area contributed by atoms with Gasteiger partial charge in [-0.2, -0.15) is 18.3 Å². The number of fused-ring (bicyclic) bond motifs is 3. The third-order valence-electron chi connectivity index (χ3n) is 6.71.